The summed E-state index contributed by atoms with van der Waals surface area (Å²) in [5.74, 6) is 0.650. The maximum atomic E-state index is 12.9. The standard InChI is InChI=1S/C16H20N6O/c1-11-4-5-12-13(10-11)22(16(23)20-8-2-3-9-20)14(17)21(12)15-18-6-7-19-15/h4-5,10,17H,2-3,6-9H2,1H3,(H,18,19). The summed E-state index contributed by atoms with van der Waals surface area (Å²) in [6.45, 7) is 4.99. The van der Waals surface area contributed by atoms with Crippen molar-refractivity contribution in [2.75, 3.05) is 26.2 Å². The van der Waals surface area contributed by atoms with E-state index in [1.54, 1.807) is 4.57 Å². The summed E-state index contributed by atoms with van der Waals surface area (Å²) >= 11 is 0. The molecule has 4 rings (SSSR count). The smallest absolute Gasteiger partial charge is 0.331 e. The molecular formula is C16H20N6O. The third-order valence-corrected chi connectivity index (χ3v) is 4.47. The van der Waals surface area contributed by atoms with Gasteiger partial charge in [-0.25, -0.2) is 13.9 Å². The number of likely N-dealkylation sites (tertiary alicyclic amines) is 1. The number of hydrogen-bond donors (Lipinski definition) is 2. The van der Waals surface area contributed by atoms with Gasteiger partial charge in [-0.2, -0.15) is 0 Å². The predicted molar refractivity (Wildman–Crippen MR) is 87.8 cm³/mol. The van der Waals surface area contributed by atoms with E-state index in [1.165, 1.54) is 4.57 Å². The number of aliphatic imine (C=N–C) groups is 1. The Morgan fingerprint density at radius 1 is 1.26 bits per heavy atom. The van der Waals surface area contributed by atoms with Crippen LogP contribution < -0.4 is 10.9 Å². The largest absolute Gasteiger partial charge is 0.354 e. The maximum Gasteiger partial charge on any atom is 0.331 e. The van der Waals surface area contributed by atoms with Gasteiger partial charge in [-0.15, -0.1) is 0 Å². The molecule has 0 spiro atoms. The molecule has 2 aliphatic heterocycles. The van der Waals surface area contributed by atoms with Gasteiger partial charge in [-0.3, -0.25) is 10.4 Å². The number of carbonyl (C=O) groups excluding carboxylic acids is 1. The zero-order valence-electron chi connectivity index (χ0n) is 13.2. The Morgan fingerprint density at radius 2 is 2.04 bits per heavy atom. The van der Waals surface area contributed by atoms with Gasteiger partial charge in [0.05, 0.1) is 17.6 Å². The molecule has 1 amide bonds. The molecule has 0 saturated carbocycles. The first-order valence-corrected chi connectivity index (χ1v) is 8.03. The van der Waals surface area contributed by atoms with E-state index in [4.69, 9.17) is 5.41 Å². The van der Waals surface area contributed by atoms with Crippen LogP contribution in [0.2, 0.25) is 0 Å². The van der Waals surface area contributed by atoms with E-state index in [9.17, 15) is 4.79 Å². The van der Waals surface area contributed by atoms with Gasteiger partial charge < -0.3 is 10.2 Å². The lowest BCUT2D eigenvalue weighted by Crippen LogP contribution is -2.41. The quantitative estimate of drug-likeness (QED) is 0.764. The van der Waals surface area contributed by atoms with E-state index in [2.05, 4.69) is 10.3 Å². The molecule has 2 aliphatic rings. The monoisotopic (exact) mass is 312 g/mol. The molecule has 23 heavy (non-hydrogen) atoms. The number of aromatic nitrogens is 2. The number of rotatable bonds is 0. The topological polar surface area (TPSA) is 78.4 Å². The molecule has 3 heterocycles. The van der Waals surface area contributed by atoms with Crippen molar-refractivity contribution in [3.8, 4) is 0 Å². The molecule has 1 fully saturated rings. The van der Waals surface area contributed by atoms with E-state index in [1.807, 2.05) is 30.0 Å². The number of imidazole rings is 1. The van der Waals surface area contributed by atoms with Crippen molar-refractivity contribution in [1.82, 2.24) is 19.4 Å². The molecule has 2 aromatic rings. The van der Waals surface area contributed by atoms with Gasteiger partial charge >= 0.3 is 6.03 Å². The molecule has 1 saturated heterocycles. The van der Waals surface area contributed by atoms with Crippen LogP contribution in [0.4, 0.5) is 4.79 Å². The lowest BCUT2D eigenvalue weighted by molar-refractivity contribution is 0.210. The number of nitrogens with zero attached hydrogens (tertiary/aromatic N) is 4. The molecule has 7 heteroatoms. The normalized spacial score (nSPS) is 17.6. The zero-order valence-corrected chi connectivity index (χ0v) is 13.2. The van der Waals surface area contributed by atoms with Crippen LogP contribution in [0.1, 0.15) is 18.4 Å². The van der Waals surface area contributed by atoms with Crippen LogP contribution in [0.25, 0.3) is 11.0 Å². The van der Waals surface area contributed by atoms with Crippen molar-refractivity contribution in [3.63, 3.8) is 0 Å². The van der Waals surface area contributed by atoms with Gasteiger partial charge in [-0.05, 0) is 37.5 Å². The minimum atomic E-state index is -0.111. The van der Waals surface area contributed by atoms with Crippen LogP contribution in [0.15, 0.2) is 23.2 Å². The number of hydrogen-bond acceptors (Lipinski definition) is 4. The Bertz CT molecular complexity index is 869. The molecule has 120 valence electrons. The molecule has 1 aromatic heterocycles. The van der Waals surface area contributed by atoms with Crippen molar-refractivity contribution < 1.29 is 4.79 Å². The van der Waals surface area contributed by atoms with Gasteiger partial charge in [0.2, 0.25) is 11.6 Å². The zero-order chi connectivity index (χ0) is 16.0. The number of nitrogens with one attached hydrogen (secondary N) is 2. The molecule has 1 aromatic carbocycles. The molecular weight excluding hydrogens is 292 g/mol. The maximum absolute atomic E-state index is 12.9. The highest BCUT2D eigenvalue weighted by Gasteiger charge is 2.25. The summed E-state index contributed by atoms with van der Waals surface area (Å²) in [6, 6.07) is 5.81. The fourth-order valence-electron chi connectivity index (χ4n) is 3.32. The minimum absolute atomic E-state index is 0.111. The number of carbonyl (C=O) groups is 1. The average molecular weight is 312 g/mol. The summed E-state index contributed by atoms with van der Waals surface area (Å²) in [7, 11) is 0. The van der Waals surface area contributed by atoms with Crippen molar-refractivity contribution in [3.05, 3.63) is 29.4 Å². The molecule has 0 aliphatic carbocycles. The summed E-state index contributed by atoms with van der Waals surface area (Å²) in [5, 5.41) is 11.8. The summed E-state index contributed by atoms with van der Waals surface area (Å²) in [5.41, 5.74) is 2.82. The van der Waals surface area contributed by atoms with Crippen LogP contribution in [-0.4, -0.2) is 52.2 Å². The first kappa shape index (κ1) is 14.0. The second kappa shape index (κ2) is 5.26. The van der Waals surface area contributed by atoms with Crippen LogP contribution >= 0.6 is 0 Å². The number of fused-ring (bicyclic) bond motifs is 1. The highest BCUT2D eigenvalue weighted by atomic mass is 16.2. The highest BCUT2D eigenvalue weighted by molar-refractivity contribution is 5.97. The lowest BCUT2D eigenvalue weighted by atomic mass is 10.2. The first-order valence-electron chi connectivity index (χ1n) is 8.03. The molecule has 7 nitrogen and oxygen atoms in total. The van der Waals surface area contributed by atoms with Gasteiger partial charge in [-0.1, -0.05) is 6.07 Å². The fourth-order valence-corrected chi connectivity index (χ4v) is 3.32. The summed E-state index contributed by atoms with van der Waals surface area (Å²) in [6.07, 6.45) is 2.07. The Kier molecular flexibility index (Phi) is 3.21. The van der Waals surface area contributed by atoms with Crippen molar-refractivity contribution >= 4 is 23.0 Å². The average Bonchev–Trinajstić information content (AvgIpc) is 3.26. The SMILES string of the molecule is Cc1ccc2c(c1)n(C(=O)N1CCCC1)c(=N)n2C1=NCCN1. The molecule has 0 radical (unpaired) electrons. The third kappa shape index (κ3) is 2.15. The minimum Gasteiger partial charge on any atom is -0.354 e. The van der Waals surface area contributed by atoms with E-state index >= 15 is 0 Å². The first-order chi connectivity index (χ1) is 11.2. The van der Waals surface area contributed by atoms with E-state index in [0.717, 1.165) is 49.1 Å². The van der Waals surface area contributed by atoms with Crippen molar-refractivity contribution in [2.24, 2.45) is 4.99 Å². The third-order valence-electron chi connectivity index (χ3n) is 4.47. The number of benzene rings is 1. The van der Waals surface area contributed by atoms with Gasteiger partial charge in [0.1, 0.15) is 0 Å². The summed E-state index contributed by atoms with van der Waals surface area (Å²) < 4.78 is 3.24. The van der Waals surface area contributed by atoms with Gasteiger partial charge in [0.25, 0.3) is 0 Å². The number of amides is 1. The van der Waals surface area contributed by atoms with Crippen molar-refractivity contribution in [2.45, 2.75) is 19.8 Å². The molecule has 0 bridgehead atoms. The predicted octanol–water partition coefficient (Wildman–Crippen LogP) is 1.10. The molecule has 0 unspecified atom stereocenters. The second-order valence-corrected chi connectivity index (χ2v) is 6.10. The highest BCUT2D eigenvalue weighted by Crippen LogP contribution is 2.18. The number of aryl methyl sites for hydroxylation is 1. The summed E-state index contributed by atoms with van der Waals surface area (Å²) in [4.78, 5) is 19.2. The van der Waals surface area contributed by atoms with Crippen LogP contribution in [-0.2, 0) is 0 Å². The van der Waals surface area contributed by atoms with Gasteiger partial charge in [0, 0.05) is 19.6 Å². The van der Waals surface area contributed by atoms with Crippen molar-refractivity contribution in [1.29, 1.82) is 5.41 Å². The van der Waals surface area contributed by atoms with E-state index in [-0.39, 0.29) is 11.6 Å². The van der Waals surface area contributed by atoms with Crippen LogP contribution in [0.3, 0.4) is 0 Å². The Hall–Kier alpha value is -2.57. The molecule has 0 atom stereocenters. The van der Waals surface area contributed by atoms with Crippen LogP contribution in [0, 0.1) is 12.3 Å². The Balaban J connectivity index is 1.95. The fraction of sp³-hybridized carbons (Fsp3) is 0.438. The van der Waals surface area contributed by atoms with Crippen LogP contribution in [0.5, 0.6) is 0 Å². The Labute approximate surface area is 133 Å². The van der Waals surface area contributed by atoms with Gasteiger partial charge in [0.15, 0.2) is 0 Å². The van der Waals surface area contributed by atoms with E-state index in [0.29, 0.717) is 12.5 Å². The Morgan fingerprint density at radius 3 is 2.74 bits per heavy atom. The molecule has 2 N–H and O–H groups in total. The van der Waals surface area contributed by atoms with E-state index < -0.39 is 0 Å². The lowest BCUT2D eigenvalue weighted by Gasteiger charge is -2.15. The second-order valence-electron chi connectivity index (χ2n) is 6.10.